The molecule has 1 atom stereocenters. The molecule has 9 N–H and O–H groups in total. The Bertz CT molecular complexity index is 1120. The number of carbonyl (C=O) groups excluding carboxylic acids is 5. The second-order valence-electron chi connectivity index (χ2n) is 7.18. The summed E-state index contributed by atoms with van der Waals surface area (Å²) in [4.78, 5) is 59.8. The number of urea groups is 1. The highest BCUT2D eigenvalue weighted by Crippen LogP contribution is 2.10. The Morgan fingerprint density at radius 3 is 1.97 bits per heavy atom. The Labute approximate surface area is 200 Å². The molecule has 0 saturated carbocycles. The SMILES string of the molecule is CC(=O)c1ccc(NC(=O)N[C@@H](CO)C(=O)NCC(=O)NC(=O)c2ccc(NC(=N)N)cc2)cc1. The van der Waals surface area contributed by atoms with Crippen molar-refractivity contribution < 1.29 is 29.1 Å². The van der Waals surface area contributed by atoms with Crippen molar-refractivity contribution in [2.75, 3.05) is 23.8 Å². The molecule has 184 valence electrons. The zero-order valence-corrected chi connectivity index (χ0v) is 18.7. The molecule has 13 nitrogen and oxygen atoms in total. The zero-order valence-electron chi connectivity index (χ0n) is 18.7. The summed E-state index contributed by atoms with van der Waals surface area (Å²) in [6, 6.07) is 9.67. The van der Waals surface area contributed by atoms with E-state index >= 15 is 0 Å². The number of carbonyl (C=O) groups is 5. The van der Waals surface area contributed by atoms with Gasteiger partial charge in [0, 0.05) is 22.5 Å². The fraction of sp³-hybridized carbons (Fsp3) is 0.182. The van der Waals surface area contributed by atoms with Gasteiger partial charge >= 0.3 is 6.03 Å². The number of imide groups is 1. The predicted octanol–water partition coefficient (Wildman–Crippen LogP) is -0.250. The summed E-state index contributed by atoms with van der Waals surface area (Å²) < 4.78 is 0. The number of anilines is 2. The summed E-state index contributed by atoms with van der Waals surface area (Å²) in [5, 5.41) is 28.1. The first-order valence-electron chi connectivity index (χ1n) is 10.2. The maximum absolute atomic E-state index is 12.2. The fourth-order valence-electron chi connectivity index (χ4n) is 2.70. The third-order valence-corrected chi connectivity index (χ3v) is 4.46. The van der Waals surface area contributed by atoms with Crippen molar-refractivity contribution in [3.05, 3.63) is 59.7 Å². The molecule has 0 aliphatic carbocycles. The van der Waals surface area contributed by atoms with Crippen molar-refractivity contribution >= 4 is 46.9 Å². The topological polar surface area (TPSA) is 216 Å². The molecular formula is C22H25N7O6. The van der Waals surface area contributed by atoms with Crippen LogP contribution in [0.1, 0.15) is 27.6 Å². The first-order valence-corrected chi connectivity index (χ1v) is 10.2. The molecular weight excluding hydrogens is 458 g/mol. The Morgan fingerprint density at radius 2 is 1.46 bits per heavy atom. The van der Waals surface area contributed by atoms with Crippen LogP contribution in [0.25, 0.3) is 0 Å². The van der Waals surface area contributed by atoms with Gasteiger partial charge in [-0.1, -0.05) is 0 Å². The van der Waals surface area contributed by atoms with Crippen LogP contribution in [-0.2, 0) is 9.59 Å². The number of ketones is 1. The molecule has 0 aliphatic rings. The predicted molar refractivity (Wildman–Crippen MR) is 127 cm³/mol. The average molecular weight is 483 g/mol. The lowest BCUT2D eigenvalue weighted by Gasteiger charge is -2.16. The highest BCUT2D eigenvalue weighted by molar-refractivity contribution is 6.06. The van der Waals surface area contributed by atoms with Gasteiger partial charge in [0.1, 0.15) is 6.04 Å². The third-order valence-electron chi connectivity index (χ3n) is 4.46. The number of rotatable bonds is 9. The summed E-state index contributed by atoms with van der Waals surface area (Å²) in [7, 11) is 0. The lowest BCUT2D eigenvalue weighted by Crippen LogP contribution is -2.52. The van der Waals surface area contributed by atoms with Crippen molar-refractivity contribution in [3.8, 4) is 0 Å². The minimum atomic E-state index is -1.36. The van der Waals surface area contributed by atoms with Crippen LogP contribution in [0.5, 0.6) is 0 Å². The van der Waals surface area contributed by atoms with Crippen LogP contribution in [0.4, 0.5) is 16.2 Å². The summed E-state index contributed by atoms with van der Waals surface area (Å²) in [5.41, 5.74) is 6.66. The molecule has 0 spiro atoms. The minimum absolute atomic E-state index is 0.136. The summed E-state index contributed by atoms with van der Waals surface area (Å²) in [6.07, 6.45) is 0. The van der Waals surface area contributed by atoms with E-state index in [0.29, 0.717) is 16.9 Å². The Balaban J connectivity index is 1.81. The average Bonchev–Trinajstić information content (AvgIpc) is 2.81. The summed E-state index contributed by atoms with van der Waals surface area (Å²) in [6.45, 7) is 0.0763. The monoisotopic (exact) mass is 483 g/mol. The van der Waals surface area contributed by atoms with Gasteiger partial charge in [0.2, 0.25) is 11.8 Å². The van der Waals surface area contributed by atoms with E-state index < -0.39 is 42.9 Å². The van der Waals surface area contributed by atoms with Gasteiger partial charge in [0.25, 0.3) is 5.91 Å². The van der Waals surface area contributed by atoms with Gasteiger partial charge in [-0.05, 0) is 55.5 Å². The molecule has 0 radical (unpaired) electrons. The maximum Gasteiger partial charge on any atom is 0.319 e. The Morgan fingerprint density at radius 1 is 0.914 bits per heavy atom. The molecule has 2 aromatic carbocycles. The molecule has 0 saturated heterocycles. The van der Waals surface area contributed by atoms with Crippen molar-refractivity contribution in [2.45, 2.75) is 13.0 Å². The molecule has 2 rings (SSSR count). The third kappa shape index (κ3) is 8.58. The molecule has 0 unspecified atom stereocenters. The van der Waals surface area contributed by atoms with Gasteiger partial charge < -0.3 is 32.1 Å². The van der Waals surface area contributed by atoms with Gasteiger partial charge in [0.15, 0.2) is 11.7 Å². The van der Waals surface area contributed by atoms with E-state index in [2.05, 4.69) is 26.6 Å². The minimum Gasteiger partial charge on any atom is -0.394 e. The number of aliphatic hydroxyl groups excluding tert-OH is 1. The van der Waals surface area contributed by atoms with Crippen LogP contribution in [-0.4, -0.2) is 59.8 Å². The first-order chi connectivity index (χ1) is 16.6. The molecule has 0 heterocycles. The number of nitrogens with two attached hydrogens (primary N) is 1. The molecule has 5 amide bonds. The van der Waals surface area contributed by atoms with E-state index in [-0.39, 0.29) is 17.3 Å². The summed E-state index contributed by atoms with van der Waals surface area (Å²) >= 11 is 0. The van der Waals surface area contributed by atoms with Crippen LogP contribution < -0.4 is 32.3 Å². The van der Waals surface area contributed by atoms with E-state index in [1.54, 1.807) is 0 Å². The van der Waals surface area contributed by atoms with Crippen LogP contribution in [0.3, 0.4) is 0 Å². The van der Waals surface area contributed by atoms with E-state index in [1.165, 1.54) is 55.5 Å². The van der Waals surface area contributed by atoms with E-state index in [0.717, 1.165) is 0 Å². The van der Waals surface area contributed by atoms with Gasteiger partial charge in [-0.25, -0.2) is 4.79 Å². The Hall–Kier alpha value is -4.78. The molecule has 0 fully saturated rings. The van der Waals surface area contributed by atoms with Crippen molar-refractivity contribution in [3.63, 3.8) is 0 Å². The van der Waals surface area contributed by atoms with Crippen molar-refractivity contribution in [2.24, 2.45) is 5.73 Å². The van der Waals surface area contributed by atoms with Crippen molar-refractivity contribution in [1.82, 2.24) is 16.0 Å². The van der Waals surface area contributed by atoms with E-state index in [9.17, 15) is 29.1 Å². The number of hydrogen-bond acceptors (Lipinski definition) is 7. The second-order valence-corrected chi connectivity index (χ2v) is 7.18. The van der Waals surface area contributed by atoms with E-state index in [1.807, 2.05) is 0 Å². The highest BCUT2D eigenvalue weighted by Gasteiger charge is 2.21. The molecule has 0 aromatic heterocycles. The second kappa shape index (κ2) is 12.5. The number of Topliss-reactive ketones (excluding diaryl/α,β-unsaturated/α-hetero) is 1. The number of guanidine groups is 1. The van der Waals surface area contributed by atoms with Crippen LogP contribution in [0.15, 0.2) is 48.5 Å². The first kappa shape index (κ1) is 26.5. The van der Waals surface area contributed by atoms with Gasteiger partial charge in [-0.3, -0.25) is 29.9 Å². The lowest BCUT2D eigenvalue weighted by molar-refractivity contribution is -0.127. The lowest BCUT2D eigenvalue weighted by atomic mass is 10.1. The standard InChI is InChI=1S/C22H25N7O6/c1-12(31)13-2-6-16(7-3-13)27-22(35)28-17(11-30)20(34)25-10-18(32)29-19(33)14-4-8-15(9-5-14)26-21(23)24/h2-9,17,30H,10-11H2,1H3,(H,25,34)(H4,23,24,26)(H2,27,28,35)(H,29,32,33)/t17-/m0/s1. The van der Waals surface area contributed by atoms with Gasteiger partial charge in [-0.15, -0.1) is 0 Å². The summed E-state index contributed by atoms with van der Waals surface area (Å²) in [5.74, 6) is -2.79. The Kier molecular flexibility index (Phi) is 9.42. The fourth-order valence-corrected chi connectivity index (χ4v) is 2.70. The normalized spacial score (nSPS) is 10.9. The number of nitrogens with one attached hydrogen (secondary N) is 6. The molecule has 0 bridgehead atoms. The largest absolute Gasteiger partial charge is 0.394 e. The van der Waals surface area contributed by atoms with Crippen molar-refractivity contribution in [1.29, 1.82) is 5.41 Å². The van der Waals surface area contributed by atoms with Crippen LogP contribution in [0, 0.1) is 5.41 Å². The molecule has 35 heavy (non-hydrogen) atoms. The zero-order chi connectivity index (χ0) is 26.0. The van der Waals surface area contributed by atoms with Crippen LogP contribution >= 0.6 is 0 Å². The molecule has 2 aromatic rings. The smallest absolute Gasteiger partial charge is 0.319 e. The van der Waals surface area contributed by atoms with Crippen LogP contribution in [0.2, 0.25) is 0 Å². The van der Waals surface area contributed by atoms with Gasteiger partial charge in [-0.2, -0.15) is 0 Å². The van der Waals surface area contributed by atoms with Gasteiger partial charge in [0.05, 0.1) is 13.2 Å². The number of hydrogen-bond donors (Lipinski definition) is 8. The number of amides is 5. The number of benzene rings is 2. The highest BCUT2D eigenvalue weighted by atomic mass is 16.3. The maximum atomic E-state index is 12.2. The molecule has 13 heteroatoms. The van der Waals surface area contributed by atoms with E-state index in [4.69, 9.17) is 11.1 Å². The number of aliphatic hydroxyl groups is 1. The quantitative estimate of drug-likeness (QED) is 0.135. The molecule has 0 aliphatic heterocycles.